The Morgan fingerprint density at radius 1 is 1.10 bits per heavy atom. The molecule has 1 N–H and O–H groups in total. The maximum atomic E-state index is 12.9. The fourth-order valence-corrected chi connectivity index (χ4v) is 4.54. The van der Waals surface area contributed by atoms with Crippen molar-refractivity contribution in [2.24, 2.45) is 5.92 Å². The lowest BCUT2D eigenvalue weighted by molar-refractivity contribution is -0.136. The Labute approximate surface area is 126 Å². The van der Waals surface area contributed by atoms with Crippen LogP contribution >= 0.6 is 0 Å². The SMILES string of the molecule is CN(C(=O)C1Cc2ccccc2C1)C1CC2CCC(C1)N2. The quantitative estimate of drug-likeness (QED) is 0.902. The second kappa shape index (κ2) is 5.13. The zero-order chi connectivity index (χ0) is 14.4. The van der Waals surface area contributed by atoms with E-state index >= 15 is 0 Å². The van der Waals surface area contributed by atoms with Gasteiger partial charge in [0.25, 0.3) is 0 Å². The average Bonchev–Trinajstić information content (AvgIpc) is 3.08. The predicted octanol–water partition coefficient (Wildman–Crippen LogP) is 2.14. The zero-order valence-corrected chi connectivity index (χ0v) is 12.7. The highest BCUT2D eigenvalue weighted by molar-refractivity contribution is 5.80. The third-order valence-corrected chi connectivity index (χ3v) is 5.74. The summed E-state index contributed by atoms with van der Waals surface area (Å²) in [5.74, 6) is 0.525. The van der Waals surface area contributed by atoms with Gasteiger partial charge in [0.05, 0.1) is 0 Å². The van der Waals surface area contributed by atoms with Gasteiger partial charge in [-0.05, 0) is 49.7 Å². The van der Waals surface area contributed by atoms with E-state index in [1.165, 1.54) is 24.0 Å². The summed E-state index contributed by atoms with van der Waals surface area (Å²) in [5, 5.41) is 3.66. The normalized spacial score (nSPS) is 31.2. The lowest BCUT2D eigenvalue weighted by Gasteiger charge is -2.36. The molecular formula is C18H24N2O. The Hall–Kier alpha value is -1.35. The highest BCUT2D eigenvalue weighted by atomic mass is 16.2. The van der Waals surface area contributed by atoms with Crippen LogP contribution in [-0.4, -0.2) is 36.0 Å². The Kier molecular flexibility index (Phi) is 3.26. The first-order chi connectivity index (χ1) is 10.2. The molecule has 1 aliphatic carbocycles. The van der Waals surface area contributed by atoms with Crippen LogP contribution in [0, 0.1) is 5.92 Å². The number of nitrogens with zero attached hydrogens (tertiary/aromatic N) is 1. The van der Waals surface area contributed by atoms with Gasteiger partial charge >= 0.3 is 0 Å². The maximum Gasteiger partial charge on any atom is 0.226 e. The number of benzene rings is 1. The fourth-order valence-electron chi connectivity index (χ4n) is 4.54. The van der Waals surface area contributed by atoms with E-state index in [1.807, 2.05) is 7.05 Å². The van der Waals surface area contributed by atoms with Crippen LogP contribution in [0.1, 0.15) is 36.8 Å². The van der Waals surface area contributed by atoms with Crippen molar-refractivity contribution in [2.75, 3.05) is 7.05 Å². The average molecular weight is 284 g/mol. The molecule has 2 heterocycles. The minimum absolute atomic E-state index is 0.167. The van der Waals surface area contributed by atoms with Gasteiger partial charge in [-0.25, -0.2) is 0 Å². The van der Waals surface area contributed by atoms with Gasteiger partial charge < -0.3 is 10.2 Å². The van der Waals surface area contributed by atoms with Crippen molar-refractivity contribution in [3.05, 3.63) is 35.4 Å². The first-order valence-electron chi connectivity index (χ1n) is 8.30. The maximum absolute atomic E-state index is 12.9. The number of carbonyl (C=O) groups is 1. The van der Waals surface area contributed by atoms with Crippen molar-refractivity contribution in [1.82, 2.24) is 10.2 Å². The lowest BCUT2D eigenvalue weighted by atomic mass is 9.96. The molecule has 3 heteroatoms. The molecule has 3 aliphatic rings. The van der Waals surface area contributed by atoms with Gasteiger partial charge in [-0.15, -0.1) is 0 Å². The number of fused-ring (bicyclic) bond motifs is 3. The number of piperidine rings is 1. The van der Waals surface area contributed by atoms with Crippen LogP contribution < -0.4 is 5.32 Å². The largest absolute Gasteiger partial charge is 0.342 e. The lowest BCUT2D eigenvalue weighted by Crippen LogP contribution is -2.50. The number of rotatable bonds is 2. The Bertz CT molecular complexity index is 519. The first-order valence-corrected chi connectivity index (χ1v) is 8.30. The summed E-state index contributed by atoms with van der Waals surface area (Å²) in [6, 6.07) is 10.2. The van der Waals surface area contributed by atoms with Gasteiger partial charge in [0.1, 0.15) is 0 Å². The minimum Gasteiger partial charge on any atom is -0.342 e. The standard InChI is InChI=1S/C18H24N2O/c1-20(17-10-15-6-7-16(11-17)19-15)18(21)14-8-12-4-2-3-5-13(12)9-14/h2-5,14-17,19H,6-11H2,1H3. The molecule has 0 spiro atoms. The van der Waals surface area contributed by atoms with Gasteiger partial charge in [-0.2, -0.15) is 0 Å². The number of carbonyl (C=O) groups excluding carboxylic acids is 1. The first kappa shape index (κ1) is 13.3. The highest BCUT2D eigenvalue weighted by Gasteiger charge is 2.38. The number of amides is 1. The van der Waals surface area contributed by atoms with Crippen molar-refractivity contribution < 1.29 is 4.79 Å². The van der Waals surface area contributed by atoms with E-state index in [9.17, 15) is 4.79 Å². The van der Waals surface area contributed by atoms with E-state index in [2.05, 4.69) is 34.5 Å². The summed E-state index contributed by atoms with van der Waals surface area (Å²) in [7, 11) is 2.03. The minimum atomic E-state index is 0.167. The third-order valence-electron chi connectivity index (χ3n) is 5.74. The predicted molar refractivity (Wildman–Crippen MR) is 83.1 cm³/mol. The van der Waals surface area contributed by atoms with Gasteiger partial charge in [0.2, 0.25) is 5.91 Å². The summed E-state index contributed by atoms with van der Waals surface area (Å²) in [6.07, 6.45) is 6.71. The molecule has 3 nitrogen and oxygen atoms in total. The monoisotopic (exact) mass is 284 g/mol. The smallest absolute Gasteiger partial charge is 0.226 e. The van der Waals surface area contributed by atoms with E-state index < -0.39 is 0 Å². The molecule has 21 heavy (non-hydrogen) atoms. The van der Waals surface area contributed by atoms with Crippen molar-refractivity contribution in [3.8, 4) is 0 Å². The second-order valence-electron chi connectivity index (χ2n) is 7.09. The molecular weight excluding hydrogens is 260 g/mol. The van der Waals surface area contributed by atoms with E-state index in [1.54, 1.807) is 0 Å². The van der Waals surface area contributed by atoms with Crippen LogP contribution in [0.4, 0.5) is 0 Å². The molecule has 1 aromatic carbocycles. The molecule has 2 bridgehead atoms. The Balaban J connectivity index is 1.44. The summed E-state index contributed by atoms with van der Waals surface area (Å²) < 4.78 is 0. The van der Waals surface area contributed by atoms with Gasteiger partial charge in [-0.3, -0.25) is 4.79 Å². The summed E-state index contributed by atoms with van der Waals surface area (Å²) >= 11 is 0. The van der Waals surface area contributed by atoms with E-state index in [4.69, 9.17) is 0 Å². The fraction of sp³-hybridized carbons (Fsp3) is 0.611. The Morgan fingerprint density at radius 3 is 2.24 bits per heavy atom. The van der Waals surface area contributed by atoms with Gasteiger partial charge in [0.15, 0.2) is 0 Å². The summed E-state index contributed by atoms with van der Waals surface area (Å²) in [6.45, 7) is 0. The number of hydrogen-bond donors (Lipinski definition) is 1. The summed E-state index contributed by atoms with van der Waals surface area (Å²) in [4.78, 5) is 14.9. The van der Waals surface area contributed by atoms with E-state index in [0.717, 1.165) is 25.7 Å². The van der Waals surface area contributed by atoms with Crippen molar-refractivity contribution in [1.29, 1.82) is 0 Å². The zero-order valence-electron chi connectivity index (χ0n) is 12.7. The van der Waals surface area contributed by atoms with Crippen LogP contribution in [0.2, 0.25) is 0 Å². The number of nitrogens with one attached hydrogen (secondary N) is 1. The van der Waals surface area contributed by atoms with E-state index in [0.29, 0.717) is 24.0 Å². The topological polar surface area (TPSA) is 32.3 Å². The highest BCUT2D eigenvalue weighted by Crippen LogP contribution is 2.32. The van der Waals surface area contributed by atoms with Gasteiger partial charge in [0, 0.05) is 31.1 Å². The van der Waals surface area contributed by atoms with E-state index in [-0.39, 0.29) is 5.92 Å². The third kappa shape index (κ3) is 2.38. The Morgan fingerprint density at radius 2 is 1.67 bits per heavy atom. The van der Waals surface area contributed by atoms with Crippen LogP contribution in [0.5, 0.6) is 0 Å². The second-order valence-corrected chi connectivity index (χ2v) is 7.09. The molecule has 0 aromatic heterocycles. The molecule has 2 aliphatic heterocycles. The molecule has 4 rings (SSSR count). The molecule has 2 saturated heterocycles. The molecule has 1 amide bonds. The molecule has 0 radical (unpaired) electrons. The molecule has 2 unspecified atom stereocenters. The number of hydrogen-bond acceptors (Lipinski definition) is 2. The van der Waals surface area contributed by atoms with Crippen molar-refractivity contribution >= 4 is 5.91 Å². The van der Waals surface area contributed by atoms with Crippen molar-refractivity contribution in [2.45, 2.75) is 56.7 Å². The molecule has 2 fully saturated rings. The van der Waals surface area contributed by atoms with Crippen molar-refractivity contribution in [3.63, 3.8) is 0 Å². The summed E-state index contributed by atoms with van der Waals surface area (Å²) in [5.41, 5.74) is 2.74. The van der Waals surface area contributed by atoms with Crippen LogP contribution in [0.3, 0.4) is 0 Å². The molecule has 2 atom stereocenters. The van der Waals surface area contributed by atoms with Gasteiger partial charge in [-0.1, -0.05) is 24.3 Å². The molecule has 112 valence electrons. The molecule has 1 aromatic rings. The van der Waals surface area contributed by atoms with Crippen LogP contribution in [-0.2, 0) is 17.6 Å². The van der Waals surface area contributed by atoms with Crippen LogP contribution in [0.15, 0.2) is 24.3 Å². The van der Waals surface area contributed by atoms with Crippen LogP contribution in [0.25, 0.3) is 0 Å². The molecule has 0 saturated carbocycles.